The van der Waals surface area contributed by atoms with E-state index in [2.05, 4.69) is 13.8 Å². The van der Waals surface area contributed by atoms with Gasteiger partial charge in [0, 0.05) is 13.5 Å². The SMILES string of the molecule is CC(=O)O.CC(C)CCCO. The Hall–Kier alpha value is -0.570. The van der Waals surface area contributed by atoms with Crippen molar-refractivity contribution in [2.24, 2.45) is 5.92 Å². The predicted molar refractivity (Wildman–Crippen MR) is 44.5 cm³/mol. The Morgan fingerprint density at radius 2 is 1.82 bits per heavy atom. The smallest absolute Gasteiger partial charge is 0.300 e. The van der Waals surface area contributed by atoms with E-state index in [9.17, 15) is 0 Å². The van der Waals surface area contributed by atoms with E-state index in [1.54, 1.807) is 0 Å². The first-order chi connectivity index (χ1) is 5.00. The second kappa shape index (κ2) is 9.43. The molecule has 0 aliphatic rings. The third-order valence-electron chi connectivity index (χ3n) is 0.940. The maximum Gasteiger partial charge on any atom is 0.300 e. The molecule has 3 nitrogen and oxygen atoms in total. The largest absolute Gasteiger partial charge is 0.481 e. The van der Waals surface area contributed by atoms with E-state index >= 15 is 0 Å². The van der Waals surface area contributed by atoms with Crippen molar-refractivity contribution in [2.75, 3.05) is 6.61 Å². The minimum Gasteiger partial charge on any atom is -0.481 e. The summed E-state index contributed by atoms with van der Waals surface area (Å²) in [4.78, 5) is 9.00. The molecule has 0 atom stereocenters. The zero-order valence-electron chi connectivity index (χ0n) is 7.50. The summed E-state index contributed by atoms with van der Waals surface area (Å²) >= 11 is 0. The molecule has 0 aliphatic carbocycles. The minimum absolute atomic E-state index is 0.345. The molecule has 0 saturated heterocycles. The normalized spacial score (nSPS) is 8.82. The summed E-state index contributed by atoms with van der Waals surface area (Å²) in [6.07, 6.45) is 2.11. The standard InChI is InChI=1S/C6H14O.C2H4O2/c1-6(2)4-3-5-7;1-2(3)4/h6-7H,3-5H2,1-2H3;1H3,(H,3,4). The molecule has 0 fully saturated rings. The molecule has 3 heteroatoms. The number of aliphatic carboxylic acids is 1. The van der Waals surface area contributed by atoms with Crippen LogP contribution in [0.25, 0.3) is 0 Å². The van der Waals surface area contributed by atoms with Gasteiger partial charge in [-0.15, -0.1) is 0 Å². The zero-order valence-corrected chi connectivity index (χ0v) is 7.50. The van der Waals surface area contributed by atoms with Crippen molar-refractivity contribution in [1.82, 2.24) is 0 Å². The van der Waals surface area contributed by atoms with Crippen molar-refractivity contribution in [2.45, 2.75) is 33.6 Å². The summed E-state index contributed by atoms with van der Waals surface area (Å²) in [5.41, 5.74) is 0. The van der Waals surface area contributed by atoms with Crippen molar-refractivity contribution < 1.29 is 15.0 Å². The molecule has 0 heterocycles. The van der Waals surface area contributed by atoms with Crippen molar-refractivity contribution in [3.63, 3.8) is 0 Å². The average molecular weight is 162 g/mol. The van der Waals surface area contributed by atoms with Gasteiger partial charge in [-0.25, -0.2) is 0 Å². The summed E-state index contributed by atoms with van der Waals surface area (Å²) in [5.74, 6) is -0.0906. The first-order valence-electron chi connectivity index (χ1n) is 3.81. The maximum absolute atomic E-state index is 9.00. The molecule has 0 aromatic carbocycles. The van der Waals surface area contributed by atoms with Gasteiger partial charge in [-0.05, 0) is 18.8 Å². The van der Waals surface area contributed by atoms with Crippen LogP contribution >= 0.6 is 0 Å². The molecule has 68 valence electrons. The Morgan fingerprint density at radius 1 is 1.45 bits per heavy atom. The molecule has 2 N–H and O–H groups in total. The van der Waals surface area contributed by atoms with Gasteiger partial charge < -0.3 is 10.2 Å². The van der Waals surface area contributed by atoms with Crippen molar-refractivity contribution in [3.8, 4) is 0 Å². The van der Waals surface area contributed by atoms with Gasteiger partial charge in [-0.3, -0.25) is 4.79 Å². The van der Waals surface area contributed by atoms with Crippen LogP contribution in [-0.2, 0) is 4.79 Å². The van der Waals surface area contributed by atoms with Crippen LogP contribution in [0.2, 0.25) is 0 Å². The van der Waals surface area contributed by atoms with Crippen molar-refractivity contribution >= 4 is 5.97 Å². The first kappa shape index (κ1) is 13.1. The van der Waals surface area contributed by atoms with Gasteiger partial charge in [-0.1, -0.05) is 13.8 Å². The van der Waals surface area contributed by atoms with Gasteiger partial charge in [0.15, 0.2) is 0 Å². The van der Waals surface area contributed by atoms with E-state index in [-0.39, 0.29) is 0 Å². The maximum atomic E-state index is 9.00. The monoisotopic (exact) mass is 162 g/mol. The van der Waals surface area contributed by atoms with E-state index in [1.807, 2.05) is 0 Å². The van der Waals surface area contributed by atoms with Gasteiger partial charge in [0.05, 0.1) is 0 Å². The summed E-state index contributed by atoms with van der Waals surface area (Å²) in [6, 6.07) is 0. The molecule has 0 spiro atoms. The van der Waals surface area contributed by atoms with E-state index in [4.69, 9.17) is 15.0 Å². The molecule has 0 unspecified atom stereocenters. The highest BCUT2D eigenvalue weighted by atomic mass is 16.4. The lowest BCUT2D eigenvalue weighted by molar-refractivity contribution is -0.134. The molecule has 0 saturated carbocycles. The highest BCUT2D eigenvalue weighted by Gasteiger charge is 1.89. The average Bonchev–Trinajstić information content (AvgIpc) is 1.82. The molecule has 0 aromatic heterocycles. The lowest BCUT2D eigenvalue weighted by Crippen LogP contribution is -1.89. The lowest BCUT2D eigenvalue weighted by Gasteiger charge is -1.98. The van der Waals surface area contributed by atoms with Crippen molar-refractivity contribution in [1.29, 1.82) is 0 Å². The summed E-state index contributed by atoms with van der Waals surface area (Å²) in [6.45, 7) is 5.75. The van der Waals surface area contributed by atoms with Crippen LogP contribution in [0.1, 0.15) is 33.6 Å². The third kappa shape index (κ3) is 44.2. The molecule has 0 bridgehead atoms. The molecular formula is C8H18O3. The van der Waals surface area contributed by atoms with E-state index in [0.29, 0.717) is 6.61 Å². The van der Waals surface area contributed by atoms with Crippen molar-refractivity contribution in [3.05, 3.63) is 0 Å². The number of carboxylic acids is 1. The number of aliphatic hydroxyl groups excluding tert-OH is 1. The Morgan fingerprint density at radius 3 is 1.91 bits per heavy atom. The summed E-state index contributed by atoms with van der Waals surface area (Å²) in [5, 5.41) is 15.7. The molecule has 0 aromatic rings. The van der Waals surface area contributed by atoms with Gasteiger partial charge in [-0.2, -0.15) is 0 Å². The summed E-state index contributed by atoms with van der Waals surface area (Å²) < 4.78 is 0. The van der Waals surface area contributed by atoms with E-state index < -0.39 is 5.97 Å². The topological polar surface area (TPSA) is 57.5 Å². The first-order valence-corrected chi connectivity index (χ1v) is 3.81. The highest BCUT2D eigenvalue weighted by Crippen LogP contribution is 2.00. The van der Waals surface area contributed by atoms with Crippen LogP contribution in [0.5, 0.6) is 0 Å². The Labute approximate surface area is 68.0 Å². The van der Waals surface area contributed by atoms with Crippen LogP contribution < -0.4 is 0 Å². The number of carbonyl (C=O) groups is 1. The van der Waals surface area contributed by atoms with Gasteiger partial charge in [0.1, 0.15) is 0 Å². The fourth-order valence-corrected chi connectivity index (χ4v) is 0.500. The second-order valence-electron chi connectivity index (χ2n) is 2.78. The minimum atomic E-state index is -0.833. The van der Waals surface area contributed by atoms with Crippen LogP contribution in [0.4, 0.5) is 0 Å². The van der Waals surface area contributed by atoms with Crippen LogP contribution in [-0.4, -0.2) is 22.8 Å². The third-order valence-corrected chi connectivity index (χ3v) is 0.940. The molecule has 0 rings (SSSR count). The number of aliphatic hydroxyl groups is 1. The van der Waals surface area contributed by atoms with Crippen LogP contribution in [0, 0.1) is 5.92 Å². The Bertz CT molecular complexity index is 85.3. The van der Waals surface area contributed by atoms with Crippen LogP contribution in [0.15, 0.2) is 0 Å². The molecular weight excluding hydrogens is 144 g/mol. The van der Waals surface area contributed by atoms with E-state index in [1.165, 1.54) is 0 Å². The zero-order chi connectivity index (χ0) is 9.28. The molecule has 0 amide bonds. The molecule has 11 heavy (non-hydrogen) atoms. The summed E-state index contributed by atoms with van der Waals surface area (Å²) in [7, 11) is 0. The van der Waals surface area contributed by atoms with Crippen LogP contribution in [0.3, 0.4) is 0 Å². The quantitative estimate of drug-likeness (QED) is 0.661. The van der Waals surface area contributed by atoms with E-state index in [0.717, 1.165) is 25.7 Å². The Balaban J connectivity index is 0. The number of hydrogen-bond donors (Lipinski definition) is 2. The Kier molecular flexibility index (Phi) is 11.2. The predicted octanol–water partition coefficient (Wildman–Crippen LogP) is 1.51. The number of carboxylic acid groups (broad SMARTS) is 1. The number of hydrogen-bond acceptors (Lipinski definition) is 2. The lowest BCUT2D eigenvalue weighted by atomic mass is 10.1. The van der Waals surface area contributed by atoms with Gasteiger partial charge in [0.2, 0.25) is 0 Å². The van der Waals surface area contributed by atoms with Gasteiger partial charge >= 0.3 is 0 Å². The highest BCUT2D eigenvalue weighted by molar-refractivity contribution is 5.62. The fourth-order valence-electron chi connectivity index (χ4n) is 0.500. The fraction of sp³-hybridized carbons (Fsp3) is 0.875. The van der Waals surface area contributed by atoms with Gasteiger partial charge in [0.25, 0.3) is 5.97 Å². The molecule has 0 aliphatic heterocycles. The number of rotatable bonds is 3. The second-order valence-corrected chi connectivity index (χ2v) is 2.78. The molecule has 0 radical (unpaired) electrons.